The number of unbranched alkanes of at least 4 members (excludes halogenated alkanes) is 21. The third kappa shape index (κ3) is 65.2. The summed E-state index contributed by atoms with van der Waals surface area (Å²) in [5.74, 6) is -4.19. The summed E-state index contributed by atoms with van der Waals surface area (Å²) in [6.45, 7) is 37.9. The van der Waals surface area contributed by atoms with E-state index in [0.717, 1.165) is 137 Å². The zero-order chi connectivity index (χ0) is 78.0. The molecule has 2 aromatic carbocycles. The molecule has 106 heavy (non-hydrogen) atoms. The Bertz CT molecular complexity index is 2660. The van der Waals surface area contributed by atoms with Crippen molar-refractivity contribution in [3.05, 3.63) is 154 Å². The van der Waals surface area contributed by atoms with Gasteiger partial charge in [0.2, 0.25) is 11.8 Å². The van der Waals surface area contributed by atoms with E-state index in [9.17, 15) is 38.4 Å². The molecule has 596 valence electrons. The molecular formula is C86H138Br2N3NaO14. The van der Waals surface area contributed by atoms with Gasteiger partial charge in [-0.15, -0.1) is 39.5 Å². The molecule has 2 heterocycles. The number of hydrogen-bond acceptors (Lipinski definition) is 13. The van der Waals surface area contributed by atoms with Gasteiger partial charge in [-0.3, -0.25) is 28.8 Å². The quantitative estimate of drug-likeness (QED) is 0.0119. The van der Waals surface area contributed by atoms with E-state index in [1.54, 1.807) is 41.5 Å². The van der Waals surface area contributed by atoms with E-state index in [-0.39, 0.29) is 87.8 Å². The van der Waals surface area contributed by atoms with E-state index in [2.05, 4.69) is 71.3 Å². The minimum Gasteiger partial charge on any atom is -0.512 e. The number of carboxylic acids is 2. The third-order valence-electron chi connectivity index (χ3n) is 15.8. The van der Waals surface area contributed by atoms with Crippen LogP contribution < -0.4 is 29.6 Å². The fourth-order valence-corrected chi connectivity index (χ4v) is 11.3. The first-order chi connectivity index (χ1) is 49.3. The number of carboxylic acid groups (broad SMARTS) is 2. The van der Waals surface area contributed by atoms with Crippen molar-refractivity contribution in [2.45, 2.75) is 304 Å². The van der Waals surface area contributed by atoms with Gasteiger partial charge in [-0.1, -0.05) is 214 Å². The molecule has 0 aliphatic carbocycles. The van der Waals surface area contributed by atoms with Gasteiger partial charge >= 0.3 is 65.6 Å². The summed E-state index contributed by atoms with van der Waals surface area (Å²) in [5.41, 5.74) is 0.941. The van der Waals surface area contributed by atoms with Crippen molar-refractivity contribution >= 4 is 79.7 Å². The third-order valence-corrected chi connectivity index (χ3v) is 16.9. The van der Waals surface area contributed by atoms with E-state index < -0.39 is 59.1 Å². The fraction of sp³-hybridized carbons (Fsp3) is 0.616. The first kappa shape index (κ1) is 111. The predicted molar refractivity (Wildman–Crippen MR) is 438 cm³/mol. The maximum atomic E-state index is 13.4. The van der Waals surface area contributed by atoms with Crippen LogP contribution in [0.25, 0.3) is 0 Å². The summed E-state index contributed by atoms with van der Waals surface area (Å²) in [4.78, 5) is 97.8. The Morgan fingerprint density at radius 3 is 1.13 bits per heavy atom. The van der Waals surface area contributed by atoms with E-state index in [4.69, 9.17) is 41.0 Å². The number of carbonyl (C=O) groups is 8. The number of esters is 2. The van der Waals surface area contributed by atoms with Crippen LogP contribution in [0.2, 0.25) is 0 Å². The van der Waals surface area contributed by atoms with E-state index >= 15 is 0 Å². The van der Waals surface area contributed by atoms with Crippen LogP contribution >= 0.6 is 31.9 Å². The molecule has 0 aromatic heterocycles. The summed E-state index contributed by atoms with van der Waals surface area (Å²) in [6, 6.07) is 19.0. The number of amides is 4. The van der Waals surface area contributed by atoms with Crippen molar-refractivity contribution < 1.29 is 97.1 Å². The maximum absolute atomic E-state index is 13.4. The molecule has 4 amide bonds. The number of benzene rings is 2. The Balaban J connectivity index is -0.000000298. The van der Waals surface area contributed by atoms with Crippen LogP contribution in [0.5, 0.6) is 0 Å². The van der Waals surface area contributed by atoms with Gasteiger partial charge in [0.15, 0.2) is 0 Å². The number of hydrogen-bond donors (Lipinski definition) is 2. The summed E-state index contributed by atoms with van der Waals surface area (Å²) in [6.07, 6.45) is 42.5. The van der Waals surface area contributed by atoms with Crippen molar-refractivity contribution in [1.82, 2.24) is 9.80 Å². The van der Waals surface area contributed by atoms with Crippen LogP contribution in [-0.2, 0) is 60.6 Å². The van der Waals surface area contributed by atoms with Crippen LogP contribution in [0, 0.1) is 23.7 Å². The number of rotatable bonds is 47. The molecule has 2 saturated heterocycles. The number of ether oxygens (including phenoxy) is 4. The first-order valence-corrected chi connectivity index (χ1v) is 39.5. The van der Waals surface area contributed by atoms with Gasteiger partial charge in [0.1, 0.15) is 24.4 Å². The summed E-state index contributed by atoms with van der Waals surface area (Å²) in [7, 11) is 0. The zero-order valence-corrected chi connectivity index (χ0v) is 69.9. The topological polar surface area (TPSA) is 244 Å². The minimum atomic E-state index is -0.922. The van der Waals surface area contributed by atoms with Crippen molar-refractivity contribution in [3.8, 4) is 0 Å². The normalized spacial score (nSPS) is 13.5. The second-order valence-corrected chi connectivity index (χ2v) is 28.9. The molecule has 0 unspecified atom stereocenters. The molecule has 2 aliphatic heterocycles. The molecule has 2 fully saturated rings. The Morgan fingerprint density at radius 1 is 0.491 bits per heavy atom. The summed E-state index contributed by atoms with van der Waals surface area (Å²) in [5, 5.41) is 25.9. The van der Waals surface area contributed by atoms with Crippen molar-refractivity contribution in [3.63, 3.8) is 0 Å². The average molecular weight is 1620 g/mol. The average Bonchev–Trinajstić information content (AvgIpc) is 1.78. The van der Waals surface area contributed by atoms with Crippen LogP contribution in [0.3, 0.4) is 0 Å². The van der Waals surface area contributed by atoms with E-state index in [1.165, 1.54) is 67.6 Å². The monoisotopic (exact) mass is 1620 g/mol. The zero-order valence-electron chi connectivity index (χ0n) is 64.8. The fourth-order valence-electron chi connectivity index (χ4n) is 10.5. The Kier molecular flexibility index (Phi) is 78.1. The maximum Gasteiger partial charge on any atom is 1.00 e. The van der Waals surface area contributed by atoms with Gasteiger partial charge in [0, 0.05) is 29.4 Å². The Labute approximate surface area is 681 Å². The number of halogens is 2. The Morgan fingerprint density at radius 2 is 0.792 bits per heavy atom. The molecule has 2 aromatic rings. The molecule has 17 nitrogen and oxygen atoms in total. The second kappa shape index (κ2) is 74.5. The van der Waals surface area contributed by atoms with Crippen LogP contribution in [0.15, 0.2) is 137 Å². The number of alkyl halides is 2. The Hall–Kier alpha value is -5.91. The largest absolute Gasteiger partial charge is 1.00 e. The summed E-state index contributed by atoms with van der Waals surface area (Å²) < 4.78 is 20.9. The molecule has 0 radical (unpaired) electrons. The molecule has 4 rings (SSSR count). The number of allylic oxidation sites excluding steroid dienone is 6. The van der Waals surface area contributed by atoms with Crippen LogP contribution in [-0.4, -0.2) is 115 Å². The number of nitrogens with zero attached hydrogens (tertiary/aromatic N) is 3. The van der Waals surface area contributed by atoms with Gasteiger partial charge in [0.05, 0.1) is 30.8 Å². The first-order valence-electron chi connectivity index (χ1n) is 37.2. The molecule has 0 saturated carbocycles. The van der Waals surface area contributed by atoms with E-state index in [1.807, 2.05) is 97.1 Å². The minimum absolute atomic E-state index is 0. The van der Waals surface area contributed by atoms with Gasteiger partial charge in [-0.2, -0.15) is 0 Å². The van der Waals surface area contributed by atoms with Crippen molar-refractivity contribution in [1.29, 1.82) is 5.26 Å². The molecule has 20 heteroatoms. The van der Waals surface area contributed by atoms with E-state index in [0.29, 0.717) is 45.1 Å². The van der Waals surface area contributed by atoms with Gasteiger partial charge < -0.3 is 41.0 Å². The van der Waals surface area contributed by atoms with Crippen LogP contribution in [0.1, 0.15) is 279 Å². The van der Waals surface area contributed by atoms with Crippen molar-refractivity contribution in [2.75, 3.05) is 23.9 Å². The number of carbonyl (C=O) groups excluding carboxylic acids is 6. The standard InChI is InChI=1S/C25H35NO5.C19H25NO3.C15H26O4.C9H16O2.C8H15Br.C7H13Br.CN.2CH4.Na/c1-5-6-7-8-12-15-20(17-22(27)31-25(2,3)4)23(28)26-21(18-30-24(26)29)16-19-13-10-9-11-14-19;1-2-3-4-5-6-10-13-18(21)20-17(15-23-19(20)22)14-16-11-8-7-9-12-16;1-5-6-7-8-9-10-12(14(17)18)11-13(16)19-15(2,3)4;1-2-3-4-5-6-7-8-9(10)11;1-2-3-4-5-6-7-8-9;1-2-3-4-5-6-7-8;1-2;;;/h5,9-11,13-14,20-21H,1,6-8,12,15-18H2,2-4H3;2,7-9,11-12,17H,1,3-6,10,13-15H2;5,12H,1,6-11H2,2-4H3,(H,17,18);2H,1,3-8H2,(H,10,11);2H,1,3-8H2;2H,1,3-7H2;;2*1H4;/q;;;;;;-1;;;+1/t20-,21+;17-;12-;;;;;;;/m101......./s1. The van der Waals surface area contributed by atoms with Gasteiger partial charge in [0.25, 0.3) is 0 Å². The molecular weight excluding hydrogens is 1480 g/mol. The SMILES string of the molecule is C.C.C=CCCCCCBr.C=CCCCCCCBr.C=CCCCCCCC(=O)N1C(=O)OC[C@@H]1Cc1ccccc1.C=CCCCCCCC(=O)O.C=CCCCCC[C@H](CC(=O)OC(C)(C)C)C(=O)N1C(=O)OC[C@@H]1Cc1ccccc1.C=CCCCCC[C@H](CC(=O)OC(C)(C)C)C(=O)O.[C-]#N.[Na+]. The molecule has 0 bridgehead atoms. The number of aliphatic carboxylic acids is 2. The molecule has 4 atom stereocenters. The van der Waals surface area contributed by atoms with Crippen molar-refractivity contribution in [2.24, 2.45) is 11.8 Å². The van der Waals surface area contributed by atoms with Crippen LogP contribution in [0.4, 0.5) is 9.59 Å². The van der Waals surface area contributed by atoms with Gasteiger partial charge in [-0.25, -0.2) is 19.4 Å². The molecule has 2 N–H and O–H groups in total. The molecule has 0 spiro atoms. The smallest absolute Gasteiger partial charge is 0.512 e. The number of cyclic esters (lactones) is 2. The van der Waals surface area contributed by atoms with Gasteiger partial charge in [-0.05, 0) is 181 Å². The predicted octanol–water partition coefficient (Wildman–Crippen LogP) is 20.3. The number of imide groups is 2. The second-order valence-electron chi connectivity index (χ2n) is 27.4. The molecule has 2 aliphatic rings. The summed E-state index contributed by atoms with van der Waals surface area (Å²) >= 11 is 6.77.